The first-order valence-electron chi connectivity index (χ1n) is 9.98. The molecule has 5 rings (SSSR count). The van der Waals surface area contributed by atoms with E-state index in [0.29, 0.717) is 27.7 Å². The molecule has 0 bridgehead atoms. The van der Waals surface area contributed by atoms with Gasteiger partial charge in [-0.2, -0.15) is 0 Å². The Morgan fingerprint density at radius 2 is 1.82 bits per heavy atom. The Bertz CT molecular complexity index is 1410. The Labute approximate surface area is 192 Å². The van der Waals surface area contributed by atoms with Crippen LogP contribution in [0, 0.1) is 10.1 Å². The van der Waals surface area contributed by atoms with Crippen LogP contribution < -0.4 is 16.4 Å². The van der Waals surface area contributed by atoms with E-state index in [2.05, 4.69) is 15.6 Å². The van der Waals surface area contributed by atoms with E-state index < -0.39 is 4.92 Å². The lowest BCUT2D eigenvalue weighted by molar-refractivity contribution is -0.384. The molecule has 1 amide bonds. The van der Waals surface area contributed by atoms with Gasteiger partial charge >= 0.3 is 0 Å². The molecule has 1 aliphatic heterocycles. The van der Waals surface area contributed by atoms with Gasteiger partial charge in [-0.25, -0.2) is 4.98 Å². The number of nitro benzene ring substituents is 1. The zero-order valence-corrected chi connectivity index (χ0v) is 17.9. The molecule has 3 aromatic carbocycles. The number of nitro groups is 1. The number of thiazole rings is 1. The standard InChI is InChI=1S/C24H17N5O3S/c25-24-28-20(13-33-24)14-6-8-16(9-7-14)26-22(15-4-2-1-3-5-15)21-18-12-17(29(31)32)10-11-19(18)27-23(21)30/h1-13,26H,(H2,25,28)(H,27,30)/b22-21-. The van der Waals surface area contributed by atoms with E-state index in [9.17, 15) is 14.9 Å². The number of fused-ring (bicyclic) bond motifs is 1. The number of benzene rings is 3. The molecule has 0 radical (unpaired) electrons. The van der Waals surface area contributed by atoms with Gasteiger partial charge in [-0.1, -0.05) is 42.5 Å². The number of carbonyl (C=O) groups excluding carboxylic acids is 1. The summed E-state index contributed by atoms with van der Waals surface area (Å²) in [5, 5.41) is 19.9. The van der Waals surface area contributed by atoms with E-state index in [1.165, 1.54) is 23.5 Å². The first-order chi connectivity index (χ1) is 16.0. The van der Waals surface area contributed by atoms with Crippen molar-refractivity contribution >= 4 is 50.7 Å². The van der Waals surface area contributed by atoms with Crippen molar-refractivity contribution in [3.05, 3.63) is 99.4 Å². The number of nitrogens with zero attached hydrogens (tertiary/aromatic N) is 2. The van der Waals surface area contributed by atoms with E-state index in [0.717, 1.165) is 22.5 Å². The maximum absolute atomic E-state index is 13.0. The third-order valence-electron chi connectivity index (χ3n) is 5.24. The maximum Gasteiger partial charge on any atom is 0.270 e. The normalized spacial score (nSPS) is 13.9. The fraction of sp³-hybridized carbons (Fsp3) is 0. The Balaban J connectivity index is 1.60. The fourth-order valence-corrected chi connectivity index (χ4v) is 4.26. The van der Waals surface area contributed by atoms with Crippen LogP contribution in [0.3, 0.4) is 0 Å². The molecule has 0 atom stereocenters. The predicted molar refractivity (Wildman–Crippen MR) is 131 cm³/mol. The minimum atomic E-state index is -0.472. The van der Waals surface area contributed by atoms with Gasteiger partial charge in [-0.15, -0.1) is 11.3 Å². The summed E-state index contributed by atoms with van der Waals surface area (Å²) in [4.78, 5) is 28.1. The van der Waals surface area contributed by atoms with Crippen LogP contribution in [0.1, 0.15) is 11.1 Å². The molecule has 9 heteroatoms. The second kappa shape index (κ2) is 8.21. The van der Waals surface area contributed by atoms with Crippen molar-refractivity contribution < 1.29 is 9.72 Å². The number of carbonyl (C=O) groups is 1. The van der Waals surface area contributed by atoms with Gasteiger partial charge in [0.2, 0.25) is 0 Å². The lowest BCUT2D eigenvalue weighted by atomic mass is 9.99. The first kappa shape index (κ1) is 20.4. The molecule has 4 aromatic rings. The number of rotatable bonds is 5. The average Bonchev–Trinajstić information content (AvgIpc) is 3.40. The molecule has 1 aromatic heterocycles. The highest BCUT2D eigenvalue weighted by Gasteiger charge is 2.30. The SMILES string of the molecule is Nc1nc(-c2ccc(N/C(=C3\C(=O)Nc4ccc([N+](=O)[O-])cc43)c3ccccc3)cc2)cs1. The Kier molecular flexibility index (Phi) is 5.08. The zero-order chi connectivity index (χ0) is 22.9. The van der Waals surface area contributed by atoms with Crippen LogP contribution >= 0.6 is 11.3 Å². The van der Waals surface area contributed by atoms with Crippen molar-refractivity contribution in [2.24, 2.45) is 0 Å². The van der Waals surface area contributed by atoms with E-state index in [-0.39, 0.29) is 11.6 Å². The number of nitrogens with two attached hydrogens (primary N) is 1. The Morgan fingerprint density at radius 1 is 1.06 bits per heavy atom. The lowest BCUT2D eigenvalue weighted by Crippen LogP contribution is -2.10. The van der Waals surface area contributed by atoms with Crippen molar-refractivity contribution in [1.82, 2.24) is 4.98 Å². The largest absolute Gasteiger partial charge is 0.375 e. The summed E-state index contributed by atoms with van der Waals surface area (Å²) in [5.74, 6) is -0.327. The van der Waals surface area contributed by atoms with E-state index >= 15 is 0 Å². The summed E-state index contributed by atoms with van der Waals surface area (Å²) >= 11 is 1.38. The molecular weight excluding hydrogens is 438 g/mol. The molecule has 0 saturated heterocycles. The van der Waals surface area contributed by atoms with Gasteiger partial charge in [0.15, 0.2) is 5.13 Å². The molecule has 2 heterocycles. The van der Waals surface area contributed by atoms with Gasteiger partial charge in [0.05, 0.1) is 21.9 Å². The molecule has 4 N–H and O–H groups in total. The molecule has 0 saturated carbocycles. The molecule has 0 aliphatic carbocycles. The minimum absolute atomic E-state index is 0.0814. The minimum Gasteiger partial charge on any atom is -0.375 e. The number of nitrogens with one attached hydrogen (secondary N) is 2. The third kappa shape index (κ3) is 3.92. The van der Waals surface area contributed by atoms with Gasteiger partial charge in [-0.05, 0) is 23.8 Å². The average molecular weight is 455 g/mol. The molecule has 0 spiro atoms. The highest BCUT2D eigenvalue weighted by molar-refractivity contribution is 7.13. The summed E-state index contributed by atoms with van der Waals surface area (Å²) in [5.41, 5.74) is 10.8. The number of amides is 1. The number of anilines is 3. The third-order valence-corrected chi connectivity index (χ3v) is 5.92. The van der Waals surface area contributed by atoms with E-state index in [1.807, 2.05) is 60.0 Å². The van der Waals surface area contributed by atoms with E-state index in [4.69, 9.17) is 5.73 Å². The second-order valence-electron chi connectivity index (χ2n) is 7.33. The summed E-state index contributed by atoms with van der Waals surface area (Å²) in [7, 11) is 0. The smallest absolute Gasteiger partial charge is 0.270 e. The molecule has 0 unspecified atom stereocenters. The fourth-order valence-electron chi connectivity index (χ4n) is 3.69. The molecule has 0 fully saturated rings. The van der Waals surface area contributed by atoms with Crippen molar-refractivity contribution in [2.75, 3.05) is 16.4 Å². The van der Waals surface area contributed by atoms with Crippen molar-refractivity contribution in [2.45, 2.75) is 0 Å². The van der Waals surface area contributed by atoms with Crippen molar-refractivity contribution in [1.29, 1.82) is 0 Å². The van der Waals surface area contributed by atoms with Crippen LogP contribution in [0.25, 0.3) is 22.5 Å². The van der Waals surface area contributed by atoms with Crippen molar-refractivity contribution in [3.8, 4) is 11.3 Å². The van der Waals surface area contributed by atoms with Gasteiger partial charge in [0.25, 0.3) is 11.6 Å². The van der Waals surface area contributed by atoms with Gasteiger partial charge in [-0.3, -0.25) is 14.9 Å². The monoisotopic (exact) mass is 455 g/mol. The maximum atomic E-state index is 13.0. The highest BCUT2D eigenvalue weighted by Crippen LogP contribution is 2.39. The highest BCUT2D eigenvalue weighted by atomic mass is 32.1. The molecule has 1 aliphatic rings. The van der Waals surface area contributed by atoms with Crippen molar-refractivity contribution in [3.63, 3.8) is 0 Å². The predicted octanol–water partition coefficient (Wildman–Crippen LogP) is 5.23. The number of aromatic nitrogens is 1. The molecule has 8 nitrogen and oxygen atoms in total. The summed E-state index contributed by atoms with van der Waals surface area (Å²) in [6, 6.07) is 21.3. The van der Waals surface area contributed by atoms with Crippen LogP contribution in [0.5, 0.6) is 0 Å². The van der Waals surface area contributed by atoms with Gasteiger partial charge in [0.1, 0.15) is 0 Å². The van der Waals surface area contributed by atoms with Crippen LogP contribution in [-0.2, 0) is 4.79 Å². The second-order valence-corrected chi connectivity index (χ2v) is 8.22. The quantitative estimate of drug-likeness (QED) is 0.215. The molecule has 162 valence electrons. The summed E-state index contributed by atoms with van der Waals surface area (Å²) < 4.78 is 0. The molecular formula is C24H17N5O3S. The summed E-state index contributed by atoms with van der Waals surface area (Å²) in [6.07, 6.45) is 0. The van der Waals surface area contributed by atoms with Gasteiger partial charge < -0.3 is 16.4 Å². The number of hydrogen-bond donors (Lipinski definition) is 3. The Hall–Kier alpha value is -4.50. The first-order valence-corrected chi connectivity index (χ1v) is 10.9. The number of hydrogen-bond acceptors (Lipinski definition) is 7. The lowest BCUT2D eigenvalue weighted by Gasteiger charge is -2.15. The van der Waals surface area contributed by atoms with Crippen LogP contribution in [0.15, 0.2) is 78.2 Å². The summed E-state index contributed by atoms with van der Waals surface area (Å²) in [6.45, 7) is 0. The number of non-ortho nitro benzene ring substituents is 1. The van der Waals surface area contributed by atoms with E-state index in [1.54, 1.807) is 6.07 Å². The Morgan fingerprint density at radius 3 is 2.48 bits per heavy atom. The van der Waals surface area contributed by atoms with Crippen LogP contribution in [-0.4, -0.2) is 15.8 Å². The number of nitrogen functional groups attached to an aromatic ring is 1. The van der Waals surface area contributed by atoms with Crippen LogP contribution in [0.4, 0.5) is 22.2 Å². The van der Waals surface area contributed by atoms with Gasteiger partial charge in [0, 0.05) is 40.0 Å². The topological polar surface area (TPSA) is 123 Å². The zero-order valence-electron chi connectivity index (χ0n) is 17.1. The molecule has 33 heavy (non-hydrogen) atoms. The van der Waals surface area contributed by atoms with Crippen LogP contribution in [0.2, 0.25) is 0 Å².